The van der Waals surface area contributed by atoms with Crippen LogP contribution in [0.15, 0.2) is 18.2 Å². The SMILES string of the molecule is CCC(C)NC(=O)c1cc([N+](=O)[O-])ccc1I. The first-order valence-corrected chi connectivity index (χ1v) is 6.28. The molecule has 0 radical (unpaired) electrons. The minimum atomic E-state index is -0.504. The van der Waals surface area contributed by atoms with Gasteiger partial charge < -0.3 is 5.32 Å². The normalized spacial score (nSPS) is 11.9. The van der Waals surface area contributed by atoms with Crippen LogP contribution in [0.5, 0.6) is 0 Å². The standard InChI is InChI=1S/C11H13IN2O3/c1-3-7(2)13-11(15)9-6-8(14(16)17)4-5-10(9)12/h4-7H,3H2,1-2H3,(H,13,15). The number of nitro benzene ring substituents is 1. The zero-order valence-electron chi connectivity index (χ0n) is 9.57. The lowest BCUT2D eigenvalue weighted by Crippen LogP contribution is -2.32. The van der Waals surface area contributed by atoms with Crippen molar-refractivity contribution in [2.45, 2.75) is 26.3 Å². The molecule has 0 saturated carbocycles. The Balaban J connectivity index is 3.00. The van der Waals surface area contributed by atoms with Crippen LogP contribution in [-0.2, 0) is 0 Å². The van der Waals surface area contributed by atoms with Crippen LogP contribution >= 0.6 is 22.6 Å². The van der Waals surface area contributed by atoms with E-state index < -0.39 is 4.92 Å². The van der Waals surface area contributed by atoms with Gasteiger partial charge in [-0.25, -0.2) is 0 Å². The predicted octanol–water partition coefficient (Wildman–Crippen LogP) is 2.73. The number of carbonyl (C=O) groups is 1. The lowest BCUT2D eigenvalue weighted by atomic mass is 10.1. The number of hydrogen-bond donors (Lipinski definition) is 1. The Morgan fingerprint density at radius 1 is 1.59 bits per heavy atom. The van der Waals surface area contributed by atoms with Crippen molar-refractivity contribution in [2.75, 3.05) is 0 Å². The molecule has 1 rings (SSSR count). The van der Waals surface area contributed by atoms with Crippen LogP contribution in [0.4, 0.5) is 5.69 Å². The number of rotatable bonds is 4. The number of amides is 1. The van der Waals surface area contributed by atoms with Crippen LogP contribution in [-0.4, -0.2) is 16.9 Å². The van der Waals surface area contributed by atoms with E-state index in [1.54, 1.807) is 6.07 Å². The molecular formula is C11H13IN2O3. The van der Waals surface area contributed by atoms with Gasteiger partial charge in [-0.3, -0.25) is 14.9 Å². The van der Waals surface area contributed by atoms with Crippen LogP contribution in [0.2, 0.25) is 0 Å². The highest BCUT2D eigenvalue weighted by Gasteiger charge is 2.16. The molecule has 1 atom stereocenters. The first-order valence-electron chi connectivity index (χ1n) is 5.20. The fourth-order valence-corrected chi connectivity index (χ4v) is 1.78. The van der Waals surface area contributed by atoms with Crippen molar-refractivity contribution >= 4 is 34.2 Å². The predicted molar refractivity (Wildman–Crippen MR) is 73.0 cm³/mol. The Morgan fingerprint density at radius 3 is 2.76 bits per heavy atom. The maximum absolute atomic E-state index is 11.9. The Morgan fingerprint density at radius 2 is 2.24 bits per heavy atom. The summed E-state index contributed by atoms with van der Waals surface area (Å²) in [6.07, 6.45) is 0.817. The van der Waals surface area contributed by atoms with Crippen molar-refractivity contribution in [3.8, 4) is 0 Å². The van der Waals surface area contributed by atoms with E-state index in [0.29, 0.717) is 9.13 Å². The highest BCUT2D eigenvalue weighted by atomic mass is 127. The van der Waals surface area contributed by atoms with E-state index in [9.17, 15) is 14.9 Å². The van der Waals surface area contributed by atoms with E-state index in [2.05, 4.69) is 5.32 Å². The summed E-state index contributed by atoms with van der Waals surface area (Å²) >= 11 is 1.99. The number of halogens is 1. The van der Waals surface area contributed by atoms with Crippen LogP contribution < -0.4 is 5.32 Å². The Bertz CT molecular complexity index is 448. The second-order valence-electron chi connectivity index (χ2n) is 3.70. The lowest BCUT2D eigenvalue weighted by Gasteiger charge is -2.12. The molecule has 0 aliphatic heterocycles. The summed E-state index contributed by atoms with van der Waals surface area (Å²) in [7, 11) is 0. The molecule has 0 bridgehead atoms. The number of carbonyl (C=O) groups excluding carboxylic acids is 1. The quantitative estimate of drug-likeness (QED) is 0.517. The molecule has 0 fully saturated rings. The molecule has 0 aliphatic rings. The van der Waals surface area contributed by atoms with Crippen molar-refractivity contribution in [1.82, 2.24) is 5.32 Å². The molecule has 1 aromatic rings. The van der Waals surface area contributed by atoms with Gasteiger partial charge in [0.15, 0.2) is 0 Å². The molecule has 0 aromatic heterocycles. The molecule has 1 unspecified atom stereocenters. The highest BCUT2D eigenvalue weighted by Crippen LogP contribution is 2.19. The van der Waals surface area contributed by atoms with Gasteiger partial charge in [0.1, 0.15) is 0 Å². The maximum Gasteiger partial charge on any atom is 0.270 e. The molecule has 92 valence electrons. The smallest absolute Gasteiger partial charge is 0.270 e. The average Bonchev–Trinajstić information content (AvgIpc) is 2.28. The van der Waals surface area contributed by atoms with Crippen LogP contribution in [0, 0.1) is 13.7 Å². The molecule has 1 amide bonds. The summed E-state index contributed by atoms with van der Waals surface area (Å²) in [5, 5.41) is 13.4. The van der Waals surface area contributed by atoms with Crippen molar-refractivity contribution < 1.29 is 9.72 Å². The highest BCUT2D eigenvalue weighted by molar-refractivity contribution is 14.1. The van der Waals surface area contributed by atoms with Crippen LogP contribution in [0.1, 0.15) is 30.6 Å². The Hall–Kier alpha value is -1.18. The van der Waals surface area contributed by atoms with Gasteiger partial charge in [-0.15, -0.1) is 0 Å². The zero-order valence-corrected chi connectivity index (χ0v) is 11.7. The summed E-state index contributed by atoms with van der Waals surface area (Å²) in [5.41, 5.74) is 0.278. The summed E-state index contributed by atoms with van der Waals surface area (Å²) in [5.74, 6) is -0.271. The minimum absolute atomic E-state index is 0.0533. The van der Waals surface area contributed by atoms with E-state index >= 15 is 0 Å². The summed E-state index contributed by atoms with van der Waals surface area (Å²) in [6, 6.07) is 4.32. The van der Waals surface area contributed by atoms with Gasteiger partial charge in [-0.1, -0.05) is 6.92 Å². The number of nitrogens with zero attached hydrogens (tertiary/aromatic N) is 1. The molecule has 0 aliphatic carbocycles. The van der Waals surface area contributed by atoms with Gasteiger partial charge in [-0.05, 0) is 42.0 Å². The van der Waals surface area contributed by atoms with Crippen molar-refractivity contribution in [3.05, 3.63) is 37.4 Å². The van der Waals surface area contributed by atoms with Gasteiger partial charge in [0.05, 0.1) is 10.5 Å². The van der Waals surface area contributed by atoms with Crippen LogP contribution in [0.3, 0.4) is 0 Å². The third-order valence-corrected chi connectivity index (χ3v) is 3.34. The van der Waals surface area contributed by atoms with Gasteiger partial charge >= 0.3 is 0 Å². The molecule has 5 nitrogen and oxygen atoms in total. The lowest BCUT2D eigenvalue weighted by molar-refractivity contribution is -0.384. The Labute approximate surface area is 113 Å². The van der Waals surface area contributed by atoms with Crippen molar-refractivity contribution in [1.29, 1.82) is 0 Å². The van der Waals surface area contributed by atoms with Gasteiger partial charge in [-0.2, -0.15) is 0 Å². The molecular weight excluding hydrogens is 335 g/mol. The zero-order chi connectivity index (χ0) is 13.0. The third-order valence-electron chi connectivity index (χ3n) is 2.40. The molecule has 0 saturated heterocycles. The molecule has 1 aromatic carbocycles. The van der Waals surface area contributed by atoms with Crippen LogP contribution in [0.25, 0.3) is 0 Å². The van der Waals surface area contributed by atoms with E-state index in [1.807, 2.05) is 36.4 Å². The van der Waals surface area contributed by atoms with Crippen molar-refractivity contribution in [2.24, 2.45) is 0 Å². The molecule has 6 heteroatoms. The number of nitro groups is 1. The minimum Gasteiger partial charge on any atom is -0.350 e. The summed E-state index contributed by atoms with van der Waals surface area (Å²) in [6.45, 7) is 3.85. The van der Waals surface area contributed by atoms with E-state index in [4.69, 9.17) is 0 Å². The number of hydrogen-bond acceptors (Lipinski definition) is 3. The second-order valence-corrected chi connectivity index (χ2v) is 4.87. The number of benzene rings is 1. The number of non-ortho nitro benzene ring substituents is 1. The summed E-state index contributed by atoms with van der Waals surface area (Å²) < 4.78 is 0.703. The van der Waals surface area contributed by atoms with E-state index in [1.165, 1.54) is 12.1 Å². The molecule has 17 heavy (non-hydrogen) atoms. The van der Waals surface area contributed by atoms with Crippen molar-refractivity contribution in [3.63, 3.8) is 0 Å². The van der Waals surface area contributed by atoms with Gasteiger partial charge in [0, 0.05) is 21.7 Å². The topological polar surface area (TPSA) is 72.2 Å². The first kappa shape index (κ1) is 13.9. The first-order chi connectivity index (χ1) is 7.95. The maximum atomic E-state index is 11.9. The van der Waals surface area contributed by atoms with Gasteiger partial charge in [0.2, 0.25) is 0 Å². The second kappa shape index (κ2) is 5.95. The molecule has 1 N–H and O–H groups in total. The van der Waals surface area contributed by atoms with E-state index in [0.717, 1.165) is 6.42 Å². The monoisotopic (exact) mass is 348 g/mol. The summed E-state index contributed by atoms with van der Waals surface area (Å²) in [4.78, 5) is 22.0. The number of nitrogens with one attached hydrogen (secondary N) is 1. The Kier molecular flexibility index (Phi) is 4.86. The molecule has 0 spiro atoms. The molecule has 0 heterocycles. The van der Waals surface area contributed by atoms with Gasteiger partial charge in [0.25, 0.3) is 11.6 Å². The fourth-order valence-electron chi connectivity index (χ4n) is 1.20. The van der Waals surface area contributed by atoms with E-state index in [-0.39, 0.29) is 17.6 Å². The average molecular weight is 348 g/mol. The largest absolute Gasteiger partial charge is 0.350 e. The third kappa shape index (κ3) is 3.65. The fraction of sp³-hybridized carbons (Fsp3) is 0.364.